The molecule has 1 atom stereocenters. The van der Waals surface area contributed by atoms with Gasteiger partial charge in [0.05, 0.1) is 7.11 Å². The number of hydrogen-bond acceptors (Lipinski definition) is 5. The van der Waals surface area contributed by atoms with Crippen molar-refractivity contribution in [3.8, 4) is 17.2 Å². The van der Waals surface area contributed by atoms with E-state index in [-0.39, 0.29) is 12.4 Å². The zero-order valence-electron chi connectivity index (χ0n) is 18.4. The topological polar surface area (TPSA) is 51.2 Å². The third kappa shape index (κ3) is 5.21. The predicted molar refractivity (Wildman–Crippen MR) is 121 cm³/mol. The lowest BCUT2D eigenvalue weighted by Crippen LogP contribution is -2.30. The third-order valence-electron chi connectivity index (χ3n) is 5.65. The molecule has 1 heterocycles. The largest absolute Gasteiger partial charge is 0.497 e. The SMILES string of the molecule is COc1ccc(F)c(CN2CCOc3ccc(C(C)(O)COc4ccccc4)cc3C2)c1. The second-order valence-corrected chi connectivity index (χ2v) is 8.21. The number of nitrogens with zero attached hydrogens (tertiary/aromatic N) is 1. The smallest absolute Gasteiger partial charge is 0.127 e. The molecular weight excluding hydrogens is 409 g/mol. The Bertz CT molecular complexity index is 1050. The number of rotatable bonds is 7. The number of halogens is 1. The first-order valence-corrected chi connectivity index (χ1v) is 10.7. The van der Waals surface area contributed by atoms with E-state index in [1.807, 2.05) is 48.5 Å². The Balaban J connectivity index is 1.50. The quantitative estimate of drug-likeness (QED) is 0.589. The van der Waals surface area contributed by atoms with Crippen LogP contribution in [0.25, 0.3) is 0 Å². The van der Waals surface area contributed by atoms with Crippen LogP contribution in [0, 0.1) is 5.82 Å². The Labute approximate surface area is 188 Å². The van der Waals surface area contributed by atoms with Crippen LogP contribution < -0.4 is 14.2 Å². The Morgan fingerprint density at radius 1 is 1.06 bits per heavy atom. The average molecular weight is 438 g/mol. The van der Waals surface area contributed by atoms with E-state index in [1.165, 1.54) is 6.07 Å². The molecule has 3 aromatic rings. The van der Waals surface area contributed by atoms with Crippen LogP contribution in [0.1, 0.15) is 23.6 Å². The molecule has 6 heteroatoms. The summed E-state index contributed by atoms with van der Waals surface area (Å²) in [6, 6.07) is 19.9. The van der Waals surface area contributed by atoms with E-state index in [1.54, 1.807) is 26.2 Å². The van der Waals surface area contributed by atoms with E-state index < -0.39 is 5.60 Å². The number of fused-ring (bicyclic) bond motifs is 1. The maximum Gasteiger partial charge on any atom is 0.127 e. The Morgan fingerprint density at radius 3 is 2.66 bits per heavy atom. The van der Waals surface area contributed by atoms with Gasteiger partial charge in [0, 0.05) is 30.8 Å². The molecule has 1 unspecified atom stereocenters. The number of methoxy groups -OCH3 is 1. The molecule has 0 amide bonds. The number of hydrogen-bond donors (Lipinski definition) is 1. The van der Waals surface area contributed by atoms with Crippen LogP contribution in [-0.4, -0.2) is 36.9 Å². The maximum atomic E-state index is 14.3. The van der Waals surface area contributed by atoms with E-state index in [0.29, 0.717) is 43.3 Å². The van der Waals surface area contributed by atoms with Gasteiger partial charge >= 0.3 is 0 Å². The fourth-order valence-electron chi connectivity index (χ4n) is 3.78. The minimum Gasteiger partial charge on any atom is -0.497 e. The average Bonchev–Trinajstić information content (AvgIpc) is 3.01. The second-order valence-electron chi connectivity index (χ2n) is 8.21. The van der Waals surface area contributed by atoms with Gasteiger partial charge in [0.2, 0.25) is 0 Å². The van der Waals surface area contributed by atoms with Gasteiger partial charge in [-0.25, -0.2) is 4.39 Å². The molecule has 168 valence electrons. The summed E-state index contributed by atoms with van der Waals surface area (Å²) in [6.07, 6.45) is 0. The van der Waals surface area contributed by atoms with Gasteiger partial charge in [-0.1, -0.05) is 24.3 Å². The first kappa shape index (κ1) is 22.1. The molecule has 0 spiro atoms. The van der Waals surface area contributed by atoms with Crippen LogP contribution in [0.15, 0.2) is 66.7 Å². The van der Waals surface area contributed by atoms with Gasteiger partial charge in [-0.2, -0.15) is 0 Å². The van der Waals surface area contributed by atoms with Crippen molar-refractivity contribution in [1.82, 2.24) is 4.90 Å². The molecule has 3 aromatic carbocycles. The van der Waals surface area contributed by atoms with Gasteiger partial charge in [0.25, 0.3) is 0 Å². The van der Waals surface area contributed by atoms with E-state index in [9.17, 15) is 9.50 Å². The molecule has 5 nitrogen and oxygen atoms in total. The van der Waals surface area contributed by atoms with Crippen molar-refractivity contribution in [1.29, 1.82) is 0 Å². The van der Waals surface area contributed by atoms with Crippen molar-refractivity contribution in [3.05, 3.63) is 89.2 Å². The van der Waals surface area contributed by atoms with Crippen LogP contribution in [0.5, 0.6) is 17.2 Å². The highest BCUT2D eigenvalue weighted by Crippen LogP contribution is 2.31. The number of ether oxygens (including phenoxy) is 3. The molecule has 0 aliphatic carbocycles. The summed E-state index contributed by atoms with van der Waals surface area (Å²) < 4.78 is 31.3. The highest BCUT2D eigenvalue weighted by molar-refractivity contribution is 5.40. The lowest BCUT2D eigenvalue weighted by molar-refractivity contribution is 0.00748. The lowest BCUT2D eigenvalue weighted by Gasteiger charge is -2.25. The first-order chi connectivity index (χ1) is 15.4. The summed E-state index contributed by atoms with van der Waals surface area (Å²) in [5.41, 5.74) is 1.08. The molecule has 1 aliphatic heterocycles. The molecule has 0 fully saturated rings. The van der Waals surface area contributed by atoms with Crippen LogP contribution in [0.2, 0.25) is 0 Å². The standard InChI is InChI=1S/C26H28FNO4/c1-26(29,18-32-22-6-4-3-5-7-22)21-8-11-25-20(14-21)17-28(12-13-31-25)16-19-15-23(30-2)9-10-24(19)27/h3-11,14-15,29H,12-13,16-18H2,1-2H3. The van der Waals surface area contributed by atoms with E-state index in [0.717, 1.165) is 16.9 Å². The van der Waals surface area contributed by atoms with Crippen molar-refractivity contribution in [3.63, 3.8) is 0 Å². The van der Waals surface area contributed by atoms with E-state index in [4.69, 9.17) is 14.2 Å². The molecule has 0 saturated carbocycles. The molecule has 0 bridgehead atoms. The van der Waals surface area contributed by atoms with Crippen molar-refractivity contribution < 1.29 is 23.7 Å². The molecule has 4 rings (SSSR count). The molecule has 0 saturated heterocycles. The maximum absolute atomic E-state index is 14.3. The van der Waals surface area contributed by atoms with Crippen molar-refractivity contribution in [2.45, 2.75) is 25.6 Å². The normalized spacial score (nSPS) is 15.8. The minimum absolute atomic E-state index is 0.120. The molecule has 1 N–H and O–H groups in total. The zero-order valence-corrected chi connectivity index (χ0v) is 18.4. The fourth-order valence-corrected chi connectivity index (χ4v) is 3.78. The van der Waals surface area contributed by atoms with Gasteiger partial charge in [-0.05, 0) is 55.0 Å². The summed E-state index contributed by atoms with van der Waals surface area (Å²) in [7, 11) is 1.57. The van der Waals surface area contributed by atoms with Crippen LogP contribution in [-0.2, 0) is 18.7 Å². The number of benzene rings is 3. The van der Waals surface area contributed by atoms with Crippen molar-refractivity contribution in [2.75, 3.05) is 26.9 Å². The van der Waals surface area contributed by atoms with Crippen molar-refractivity contribution >= 4 is 0 Å². The Morgan fingerprint density at radius 2 is 1.88 bits per heavy atom. The Hall–Kier alpha value is -3.09. The monoisotopic (exact) mass is 437 g/mol. The van der Waals surface area contributed by atoms with Gasteiger partial charge < -0.3 is 19.3 Å². The summed E-state index contributed by atoms with van der Waals surface area (Å²) in [5, 5.41) is 11.1. The van der Waals surface area contributed by atoms with Gasteiger partial charge in [0.15, 0.2) is 0 Å². The molecular formula is C26H28FNO4. The second kappa shape index (κ2) is 9.59. The number of para-hydroxylation sites is 1. The summed E-state index contributed by atoms with van der Waals surface area (Å²) >= 11 is 0. The zero-order chi connectivity index (χ0) is 22.6. The van der Waals surface area contributed by atoms with Crippen LogP contribution in [0.3, 0.4) is 0 Å². The fraction of sp³-hybridized carbons (Fsp3) is 0.308. The Kier molecular flexibility index (Phi) is 6.63. The molecule has 32 heavy (non-hydrogen) atoms. The highest BCUT2D eigenvalue weighted by Gasteiger charge is 2.27. The molecule has 1 aliphatic rings. The predicted octanol–water partition coefficient (Wildman–Crippen LogP) is 4.52. The lowest BCUT2D eigenvalue weighted by atomic mass is 9.94. The summed E-state index contributed by atoms with van der Waals surface area (Å²) in [5.74, 6) is 1.86. The van der Waals surface area contributed by atoms with Gasteiger partial charge in [0.1, 0.15) is 41.9 Å². The van der Waals surface area contributed by atoms with Crippen LogP contribution >= 0.6 is 0 Å². The minimum atomic E-state index is -1.18. The number of aliphatic hydroxyl groups is 1. The first-order valence-electron chi connectivity index (χ1n) is 10.7. The third-order valence-corrected chi connectivity index (χ3v) is 5.65. The van der Waals surface area contributed by atoms with E-state index in [2.05, 4.69) is 4.90 Å². The summed E-state index contributed by atoms with van der Waals surface area (Å²) in [4.78, 5) is 2.13. The van der Waals surface area contributed by atoms with E-state index >= 15 is 0 Å². The van der Waals surface area contributed by atoms with Crippen molar-refractivity contribution in [2.24, 2.45) is 0 Å². The molecule has 0 radical (unpaired) electrons. The molecule has 0 aromatic heterocycles. The van der Waals surface area contributed by atoms with Gasteiger partial charge in [-0.3, -0.25) is 4.90 Å². The van der Waals surface area contributed by atoms with Crippen LogP contribution in [0.4, 0.5) is 4.39 Å². The van der Waals surface area contributed by atoms with Gasteiger partial charge in [-0.15, -0.1) is 0 Å². The highest BCUT2D eigenvalue weighted by atomic mass is 19.1. The summed E-state index contributed by atoms with van der Waals surface area (Å²) in [6.45, 7) is 4.03.